The normalized spacial score (nSPS) is 10.6. The van der Waals surface area contributed by atoms with Crippen LogP contribution >= 0.6 is 0 Å². The molecule has 1 rings (SSSR count). The van der Waals surface area contributed by atoms with Crippen molar-refractivity contribution in [2.45, 2.75) is 26.9 Å². The number of benzene rings is 1. The molecule has 0 saturated carbocycles. The van der Waals surface area contributed by atoms with Crippen LogP contribution in [0.3, 0.4) is 0 Å². The zero-order chi connectivity index (χ0) is 12.7. The SMILES string of the molecule is COCc1ccccc1C(=O)OCCC(C)C. The van der Waals surface area contributed by atoms with Crippen molar-refractivity contribution < 1.29 is 14.3 Å². The second kappa shape index (κ2) is 7.07. The molecule has 0 aliphatic rings. The highest BCUT2D eigenvalue weighted by Crippen LogP contribution is 2.12. The van der Waals surface area contributed by atoms with Crippen LogP contribution < -0.4 is 0 Å². The van der Waals surface area contributed by atoms with Crippen molar-refractivity contribution in [1.82, 2.24) is 0 Å². The third kappa shape index (κ3) is 4.57. The average Bonchev–Trinajstić information content (AvgIpc) is 2.29. The van der Waals surface area contributed by atoms with E-state index in [0.717, 1.165) is 12.0 Å². The van der Waals surface area contributed by atoms with E-state index >= 15 is 0 Å². The van der Waals surface area contributed by atoms with Crippen LogP contribution in [0.15, 0.2) is 24.3 Å². The highest BCUT2D eigenvalue weighted by Gasteiger charge is 2.11. The molecule has 1 aromatic rings. The molecule has 3 nitrogen and oxygen atoms in total. The van der Waals surface area contributed by atoms with Crippen molar-refractivity contribution >= 4 is 5.97 Å². The van der Waals surface area contributed by atoms with Crippen LogP contribution in [0.2, 0.25) is 0 Å². The summed E-state index contributed by atoms with van der Waals surface area (Å²) in [6.45, 7) is 5.10. The van der Waals surface area contributed by atoms with Gasteiger partial charge in [0.2, 0.25) is 0 Å². The maximum atomic E-state index is 11.8. The van der Waals surface area contributed by atoms with Crippen LogP contribution in [0.1, 0.15) is 36.2 Å². The van der Waals surface area contributed by atoms with E-state index in [1.807, 2.05) is 18.2 Å². The Bertz CT molecular complexity index is 358. The first kappa shape index (κ1) is 13.7. The number of esters is 1. The molecule has 0 amide bonds. The molecule has 3 heteroatoms. The van der Waals surface area contributed by atoms with Crippen LogP contribution in [0.5, 0.6) is 0 Å². The lowest BCUT2D eigenvalue weighted by Crippen LogP contribution is -2.10. The fourth-order valence-electron chi connectivity index (χ4n) is 1.47. The Labute approximate surface area is 103 Å². The minimum Gasteiger partial charge on any atom is -0.462 e. The number of methoxy groups -OCH3 is 1. The van der Waals surface area contributed by atoms with Crippen LogP contribution in [0.4, 0.5) is 0 Å². The summed E-state index contributed by atoms with van der Waals surface area (Å²) in [7, 11) is 1.61. The maximum Gasteiger partial charge on any atom is 0.338 e. The summed E-state index contributed by atoms with van der Waals surface area (Å²) in [4.78, 5) is 11.8. The first-order valence-corrected chi connectivity index (χ1v) is 5.89. The van der Waals surface area contributed by atoms with Gasteiger partial charge in [0, 0.05) is 7.11 Å². The van der Waals surface area contributed by atoms with Gasteiger partial charge in [-0.2, -0.15) is 0 Å². The molecule has 0 unspecified atom stereocenters. The van der Waals surface area contributed by atoms with Crippen molar-refractivity contribution in [1.29, 1.82) is 0 Å². The highest BCUT2D eigenvalue weighted by atomic mass is 16.5. The van der Waals surface area contributed by atoms with E-state index in [4.69, 9.17) is 9.47 Å². The summed E-state index contributed by atoms with van der Waals surface area (Å²) in [5.41, 5.74) is 1.46. The highest BCUT2D eigenvalue weighted by molar-refractivity contribution is 5.91. The molecule has 0 N–H and O–H groups in total. The Hall–Kier alpha value is -1.35. The molecular formula is C14H20O3. The van der Waals surface area contributed by atoms with E-state index in [-0.39, 0.29) is 5.97 Å². The third-order valence-corrected chi connectivity index (χ3v) is 2.47. The standard InChI is InChI=1S/C14H20O3/c1-11(2)8-9-17-14(15)13-7-5-4-6-12(13)10-16-3/h4-7,11H,8-10H2,1-3H3. The number of carbonyl (C=O) groups excluding carboxylic acids is 1. The number of hydrogen-bond donors (Lipinski definition) is 0. The summed E-state index contributed by atoms with van der Waals surface area (Å²) in [6.07, 6.45) is 0.887. The largest absolute Gasteiger partial charge is 0.462 e. The Kier molecular flexibility index (Phi) is 5.70. The predicted octanol–water partition coefficient (Wildman–Crippen LogP) is 3.04. The molecule has 0 saturated heterocycles. The van der Waals surface area contributed by atoms with E-state index in [2.05, 4.69) is 13.8 Å². The van der Waals surface area contributed by atoms with Gasteiger partial charge >= 0.3 is 5.97 Å². The lowest BCUT2D eigenvalue weighted by molar-refractivity contribution is 0.0483. The van der Waals surface area contributed by atoms with Crippen LogP contribution in [-0.2, 0) is 16.1 Å². The zero-order valence-electron chi connectivity index (χ0n) is 10.7. The molecule has 0 radical (unpaired) electrons. The van der Waals surface area contributed by atoms with Gasteiger partial charge < -0.3 is 9.47 Å². The first-order valence-electron chi connectivity index (χ1n) is 5.89. The van der Waals surface area contributed by atoms with E-state index in [1.165, 1.54) is 0 Å². The van der Waals surface area contributed by atoms with Crippen LogP contribution in [-0.4, -0.2) is 19.7 Å². The van der Waals surface area contributed by atoms with Gasteiger partial charge in [0.1, 0.15) is 0 Å². The average molecular weight is 236 g/mol. The predicted molar refractivity (Wildman–Crippen MR) is 66.9 cm³/mol. The number of rotatable bonds is 6. The molecular weight excluding hydrogens is 216 g/mol. The summed E-state index contributed by atoms with van der Waals surface area (Å²) >= 11 is 0. The summed E-state index contributed by atoms with van der Waals surface area (Å²) in [5, 5.41) is 0. The van der Waals surface area contributed by atoms with E-state index < -0.39 is 0 Å². The second-order valence-corrected chi connectivity index (χ2v) is 4.41. The Morgan fingerprint density at radius 2 is 2.00 bits per heavy atom. The number of hydrogen-bond acceptors (Lipinski definition) is 3. The third-order valence-electron chi connectivity index (χ3n) is 2.47. The topological polar surface area (TPSA) is 35.5 Å². The summed E-state index contributed by atoms with van der Waals surface area (Å²) in [5.74, 6) is 0.273. The van der Waals surface area contributed by atoms with Gasteiger partial charge in [0.25, 0.3) is 0 Å². The molecule has 0 aromatic heterocycles. The molecule has 1 aromatic carbocycles. The lowest BCUT2D eigenvalue weighted by atomic mass is 10.1. The molecule has 0 fully saturated rings. The van der Waals surface area contributed by atoms with Gasteiger partial charge in [-0.3, -0.25) is 0 Å². The monoisotopic (exact) mass is 236 g/mol. The molecule has 0 aliphatic heterocycles. The van der Waals surface area contributed by atoms with Gasteiger partial charge in [-0.25, -0.2) is 4.79 Å². The maximum absolute atomic E-state index is 11.8. The summed E-state index contributed by atoms with van der Waals surface area (Å²) in [6, 6.07) is 7.37. The smallest absolute Gasteiger partial charge is 0.338 e. The molecule has 0 aliphatic carbocycles. The fraction of sp³-hybridized carbons (Fsp3) is 0.500. The Morgan fingerprint density at radius 3 is 2.65 bits per heavy atom. The molecule has 0 heterocycles. The molecule has 0 spiro atoms. The quantitative estimate of drug-likeness (QED) is 0.712. The molecule has 94 valence electrons. The van der Waals surface area contributed by atoms with Crippen molar-refractivity contribution in [3.63, 3.8) is 0 Å². The van der Waals surface area contributed by atoms with Gasteiger partial charge in [0.15, 0.2) is 0 Å². The zero-order valence-corrected chi connectivity index (χ0v) is 10.7. The van der Waals surface area contributed by atoms with Gasteiger partial charge in [-0.05, 0) is 24.0 Å². The molecule has 0 bridgehead atoms. The fourth-order valence-corrected chi connectivity index (χ4v) is 1.47. The Morgan fingerprint density at radius 1 is 1.29 bits per heavy atom. The van der Waals surface area contributed by atoms with Gasteiger partial charge in [-0.15, -0.1) is 0 Å². The molecule has 0 atom stereocenters. The van der Waals surface area contributed by atoms with Crippen molar-refractivity contribution in [2.24, 2.45) is 5.92 Å². The number of carbonyl (C=O) groups is 1. The van der Waals surface area contributed by atoms with Gasteiger partial charge in [-0.1, -0.05) is 32.0 Å². The van der Waals surface area contributed by atoms with E-state index in [9.17, 15) is 4.79 Å². The van der Waals surface area contributed by atoms with Crippen molar-refractivity contribution in [3.8, 4) is 0 Å². The van der Waals surface area contributed by atoms with Crippen molar-refractivity contribution in [2.75, 3.05) is 13.7 Å². The Balaban J connectivity index is 2.61. The molecule has 17 heavy (non-hydrogen) atoms. The van der Waals surface area contributed by atoms with Crippen LogP contribution in [0.25, 0.3) is 0 Å². The minimum absolute atomic E-state index is 0.265. The van der Waals surface area contributed by atoms with Crippen molar-refractivity contribution in [3.05, 3.63) is 35.4 Å². The lowest BCUT2D eigenvalue weighted by Gasteiger charge is -2.09. The van der Waals surface area contributed by atoms with E-state index in [1.54, 1.807) is 13.2 Å². The van der Waals surface area contributed by atoms with E-state index in [0.29, 0.717) is 24.7 Å². The van der Waals surface area contributed by atoms with Gasteiger partial charge in [0.05, 0.1) is 18.8 Å². The second-order valence-electron chi connectivity index (χ2n) is 4.41. The number of ether oxygens (including phenoxy) is 2. The minimum atomic E-state index is -0.265. The summed E-state index contributed by atoms with van der Waals surface area (Å²) < 4.78 is 10.3. The first-order chi connectivity index (χ1) is 8.15. The van der Waals surface area contributed by atoms with Crippen LogP contribution in [0, 0.1) is 5.92 Å².